The first-order valence-corrected chi connectivity index (χ1v) is 9.91. The highest BCUT2D eigenvalue weighted by atomic mass is 28.4. The average Bonchev–Trinajstić information content (AvgIpc) is 2.13. The first kappa shape index (κ1) is 12.6. The van der Waals surface area contributed by atoms with E-state index in [9.17, 15) is 0 Å². The topological polar surface area (TPSA) is 35.2 Å². The van der Waals surface area contributed by atoms with Crippen molar-refractivity contribution >= 4 is 8.32 Å². The first-order chi connectivity index (χ1) is 7.96. The Labute approximate surface area is 105 Å². The molecule has 1 atom stereocenters. The quantitative estimate of drug-likeness (QED) is 0.826. The van der Waals surface area contributed by atoms with Crippen LogP contribution in [0.15, 0.2) is 24.3 Å². The van der Waals surface area contributed by atoms with Crippen molar-refractivity contribution in [2.75, 3.05) is 0 Å². The van der Waals surface area contributed by atoms with Gasteiger partial charge >= 0.3 is 0 Å². The molecule has 0 amide bonds. The molecule has 1 aliphatic carbocycles. The zero-order valence-electron chi connectivity index (χ0n) is 11.1. The molecular weight excluding hydrogens is 226 g/mol. The summed E-state index contributed by atoms with van der Waals surface area (Å²) in [6, 6.07) is 8.58. The molecule has 94 valence electrons. The molecule has 0 saturated heterocycles. The van der Waals surface area contributed by atoms with Crippen LogP contribution >= 0.6 is 0 Å². The van der Waals surface area contributed by atoms with Gasteiger partial charge in [0.2, 0.25) is 8.32 Å². The first-order valence-electron chi connectivity index (χ1n) is 6.50. The summed E-state index contributed by atoms with van der Waals surface area (Å²) >= 11 is 0. The summed E-state index contributed by atoms with van der Waals surface area (Å²) in [5.74, 6) is 1.67. The second-order valence-electron chi connectivity index (χ2n) is 6.00. The molecule has 0 heterocycles. The van der Waals surface area contributed by atoms with E-state index in [4.69, 9.17) is 10.2 Å². The van der Waals surface area contributed by atoms with E-state index in [1.165, 1.54) is 24.8 Å². The molecule has 0 unspecified atom stereocenters. The lowest BCUT2D eigenvalue weighted by molar-refractivity contribution is 0.264. The summed E-state index contributed by atoms with van der Waals surface area (Å²) in [5.41, 5.74) is 7.49. The maximum absolute atomic E-state index is 6.25. The Balaban J connectivity index is 2.02. The second-order valence-corrected chi connectivity index (χ2v) is 10.4. The third-order valence-electron chi connectivity index (χ3n) is 3.35. The van der Waals surface area contributed by atoms with Crippen LogP contribution in [-0.2, 0) is 0 Å². The molecule has 0 aliphatic heterocycles. The van der Waals surface area contributed by atoms with Crippen molar-refractivity contribution in [2.24, 2.45) is 11.7 Å². The molecule has 1 aromatic carbocycles. The third-order valence-corrected chi connectivity index (χ3v) is 4.19. The lowest BCUT2D eigenvalue weighted by Gasteiger charge is -2.31. The Morgan fingerprint density at radius 1 is 1.18 bits per heavy atom. The highest BCUT2D eigenvalue weighted by Gasteiger charge is 2.25. The van der Waals surface area contributed by atoms with E-state index in [0.717, 1.165) is 5.75 Å². The van der Waals surface area contributed by atoms with Crippen LogP contribution in [0.1, 0.15) is 30.9 Å². The van der Waals surface area contributed by atoms with Crippen LogP contribution in [0.25, 0.3) is 0 Å². The van der Waals surface area contributed by atoms with Crippen LogP contribution in [-0.4, -0.2) is 8.32 Å². The van der Waals surface area contributed by atoms with Gasteiger partial charge in [-0.15, -0.1) is 0 Å². The molecular formula is C14H23NOSi. The molecule has 2 N–H and O–H groups in total. The number of hydrogen-bond acceptors (Lipinski definition) is 2. The molecule has 1 saturated carbocycles. The molecule has 0 bridgehead atoms. The van der Waals surface area contributed by atoms with E-state index < -0.39 is 8.32 Å². The summed E-state index contributed by atoms with van der Waals surface area (Å²) in [4.78, 5) is 0. The number of rotatable bonds is 4. The van der Waals surface area contributed by atoms with Gasteiger partial charge in [-0.05, 0) is 56.1 Å². The van der Waals surface area contributed by atoms with Crippen molar-refractivity contribution in [3.05, 3.63) is 29.8 Å². The minimum atomic E-state index is -1.49. The van der Waals surface area contributed by atoms with Crippen LogP contribution in [0.5, 0.6) is 5.75 Å². The summed E-state index contributed by atoms with van der Waals surface area (Å²) in [6.45, 7) is 6.59. The summed E-state index contributed by atoms with van der Waals surface area (Å²) in [5, 5.41) is 0. The SMILES string of the molecule is C[Si](C)(C)Oc1ccc([C@@H](N)C2CCC2)cc1. The molecule has 1 fully saturated rings. The Bertz CT molecular complexity index is 365. The van der Waals surface area contributed by atoms with Crippen LogP contribution in [0.3, 0.4) is 0 Å². The Morgan fingerprint density at radius 2 is 1.76 bits per heavy atom. The van der Waals surface area contributed by atoms with Gasteiger partial charge in [-0.2, -0.15) is 0 Å². The highest BCUT2D eigenvalue weighted by molar-refractivity contribution is 6.70. The van der Waals surface area contributed by atoms with Crippen LogP contribution in [0.4, 0.5) is 0 Å². The lowest BCUT2D eigenvalue weighted by atomic mass is 9.78. The van der Waals surface area contributed by atoms with Gasteiger partial charge < -0.3 is 10.2 Å². The van der Waals surface area contributed by atoms with Gasteiger partial charge in [0.25, 0.3) is 0 Å². The van der Waals surface area contributed by atoms with Crippen molar-refractivity contribution in [1.29, 1.82) is 0 Å². The van der Waals surface area contributed by atoms with E-state index in [1.54, 1.807) is 0 Å². The number of hydrogen-bond donors (Lipinski definition) is 1. The fourth-order valence-electron chi connectivity index (χ4n) is 2.18. The summed E-state index contributed by atoms with van der Waals surface area (Å²) in [6.07, 6.45) is 3.91. The van der Waals surface area contributed by atoms with Crippen molar-refractivity contribution in [1.82, 2.24) is 0 Å². The van der Waals surface area contributed by atoms with E-state index in [-0.39, 0.29) is 6.04 Å². The van der Waals surface area contributed by atoms with Gasteiger partial charge in [0, 0.05) is 6.04 Å². The number of benzene rings is 1. The average molecular weight is 249 g/mol. The minimum absolute atomic E-state index is 0.213. The third kappa shape index (κ3) is 3.33. The molecule has 3 heteroatoms. The zero-order chi connectivity index (χ0) is 12.5. The van der Waals surface area contributed by atoms with Gasteiger partial charge in [-0.25, -0.2) is 0 Å². The Morgan fingerprint density at radius 3 is 2.18 bits per heavy atom. The maximum atomic E-state index is 6.25. The number of nitrogens with two attached hydrogens (primary N) is 1. The van der Waals surface area contributed by atoms with E-state index in [0.29, 0.717) is 5.92 Å². The highest BCUT2D eigenvalue weighted by Crippen LogP contribution is 2.36. The molecule has 1 aliphatic rings. The normalized spacial score (nSPS) is 18.6. The summed E-state index contributed by atoms with van der Waals surface area (Å²) in [7, 11) is -1.49. The van der Waals surface area contributed by atoms with Gasteiger partial charge in [0.1, 0.15) is 5.75 Å². The largest absolute Gasteiger partial charge is 0.544 e. The van der Waals surface area contributed by atoms with Crippen LogP contribution in [0.2, 0.25) is 19.6 Å². The fraction of sp³-hybridized carbons (Fsp3) is 0.571. The van der Waals surface area contributed by atoms with Gasteiger partial charge in [-0.1, -0.05) is 18.6 Å². The van der Waals surface area contributed by atoms with Gasteiger partial charge in [0.05, 0.1) is 0 Å². The van der Waals surface area contributed by atoms with Crippen molar-refractivity contribution in [3.63, 3.8) is 0 Å². The van der Waals surface area contributed by atoms with E-state index in [1.807, 2.05) is 0 Å². The summed E-state index contributed by atoms with van der Waals surface area (Å²) < 4.78 is 5.94. The lowest BCUT2D eigenvalue weighted by Crippen LogP contribution is -2.29. The van der Waals surface area contributed by atoms with E-state index in [2.05, 4.69) is 43.9 Å². The second kappa shape index (κ2) is 4.82. The van der Waals surface area contributed by atoms with Crippen LogP contribution in [0, 0.1) is 5.92 Å². The standard InChI is InChI=1S/C14H23NOSi/c1-17(2,3)16-13-9-7-12(8-10-13)14(15)11-5-4-6-11/h7-11,14H,4-6,15H2,1-3H3/t14-/m0/s1. The molecule has 0 aromatic heterocycles. The zero-order valence-corrected chi connectivity index (χ0v) is 12.1. The van der Waals surface area contributed by atoms with Crippen molar-refractivity contribution in [2.45, 2.75) is 44.9 Å². The smallest absolute Gasteiger partial charge is 0.242 e. The Hall–Kier alpha value is -0.803. The van der Waals surface area contributed by atoms with Gasteiger partial charge in [-0.3, -0.25) is 0 Å². The molecule has 2 rings (SSSR count). The monoisotopic (exact) mass is 249 g/mol. The molecule has 0 spiro atoms. The van der Waals surface area contributed by atoms with Gasteiger partial charge in [0.15, 0.2) is 0 Å². The van der Waals surface area contributed by atoms with Crippen molar-refractivity contribution in [3.8, 4) is 5.75 Å². The van der Waals surface area contributed by atoms with Crippen LogP contribution < -0.4 is 10.2 Å². The van der Waals surface area contributed by atoms with E-state index >= 15 is 0 Å². The molecule has 17 heavy (non-hydrogen) atoms. The molecule has 1 aromatic rings. The Kier molecular flexibility index (Phi) is 3.59. The predicted octanol–water partition coefficient (Wildman–Crippen LogP) is 3.70. The maximum Gasteiger partial charge on any atom is 0.242 e. The minimum Gasteiger partial charge on any atom is -0.544 e. The molecule has 2 nitrogen and oxygen atoms in total. The predicted molar refractivity (Wildman–Crippen MR) is 74.7 cm³/mol. The fourth-order valence-corrected chi connectivity index (χ4v) is 3.03. The molecule has 0 radical (unpaired) electrons. The van der Waals surface area contributed by atoms with Crippen molar-refractivity contribution < 1.29 is 4.43 Å².